The molecule has 0 aliphatic rings. The highest BCUT2D eigenvalue weighted by molar-refractivity contribution is 5.71. The molecule has 2 N–H and O–H groups in total. The molecule has 2 rings (SSSR count). The Kier molecular flexibility index (Phi) is 5.14. The number of rotatable bonds is 5. The van der Waals surface area contributed by atoms with Gasteiger partial charge in [0.1, 0.15) is 0 Å². The summed E-state index contributed by atoms with van der Waals surface area (Å²) in [4.78, 5) is 0. The van der Waals surface area contributed by atoms with E-state index in [1.165, 1.54) is 27.8 Å². The van der Waals surface area contributed by atoms with Crippen molar-refractivity contribution >= 4 is 12.2 Å². The van der Waals surface area contributed by atoms with Gasteiger partial charge in [-0.05, 0) is 55.5 Å². The summed E-state index contributed by atoms with van der Waals surface area (Å²) in [7, 11) is 0. The van der Waals surface area contributed by atoms with E-state index in [-0.39, 0.29) is 0 Å². The third kappa shape index (κ3) is 4.07. The highest BCUT2D eigenvalue weighted by Gasteiger charge is 1.96. The summed E-state index contributed by atoms with van der Waals surface area (Å²) in [6.45, 7) is 5.04. The SMILES string of the molecule is Cc1ccc(C=Cc2cccc(CCCN)c2)c(C)c1. The van der Waals surface area contributed by atoms with Gasteiger partial charge in [0.15, 0.2) is 0 Å². The second-order valence-electron chi connectivity index (χ2n) is 5.33. The summed E-state index contributed by atoms with van der Waals surface area (Å²) >= 11 is 0. The van der Waals surface area contributed by atoms with Crippen molar-refractivity contribution in [2.45, 2.75) is 26.7 Å². The van der Waals surface area contributed by atoms with Crippen LogP contribution in [0.25, 0.3) is 12.2 Å². The van der Waals surface area contributed by atoms with Crippen LogP contribution in [0.5, 0.6) is 0 Å². The van der Waals surface area contributed by atoms with Crippen LogP contribution in [0, 0.1) is 13.8 Å². The molecule has 1 nitrogen and oxygen atoms in total. The molecule has 0 heterocycles. The highest BCUT2D eigenvalue weighted by atomic mass is 14.5. The lowest BCUT2D eigenvalue weighted by Gasteiger charge is -2.03. The Hall–Kier alpha value is -1.86. The van der Waals surface area contributed by atoms with E-state index in [1.54, 1.807) is 0 Å². The van der Waals surface area contributed by atoms with Gasteiger partial charge in [-0.1, -0.05) is 60.2 Å². The van der Waals surface area contributed by atoms with Crippen molar-refractivity contribution in [1.29, 1.82) is 0 Å². The van der Waals surface area contributed by atoms with Gasteiger partial charge in [-0.3, -0.25) is 0 Å². The van der Waals surface area contributed by atoms with E-state index in [0.29, 0.717) is 0 Å². The average Bonchev–Trinajstić information content (AvgIpc) is 2.45. The standard InChI is InChI=1S/C19H23N/c1-15-8-10-19(16(2)13-15)11-9-18-6-3-5-17(14-18)7-4-12-20/h3,5-6,8-11,13-14H,4,7,12,20H2,1-2H3. The Morgan fingerprint density at radius 2 is 1.85 bits per heavy atom. The predicted octanol–water partition coefficient (Wildman–Crippen LogP) is 4.37. The van der Waals surface area contributed by atoms with Gasteiger partial charge in [0.05, 0.1) is 0 Å². The lowest BCUT2D eigenvalue weighted by atomic mass is 10.0. The molecule has 0 radical (unpaired) electrons. The Labute approximate surface area is 122 Å². The van der Waals surface area contributed by atoms with Crippen molar-refractivity contribution in [3.05, 3.63) is 70.3 Å². The number of nitrogens with two attached hydrogens (primary N) is 1. The van der Waals surface area contributed by atoms with Crippen molar-refractivity contribution in [3.8, 4) is 0 Å². The molecule has 0 spiro atoms. The van der Waals surface area contributed by atoms with Gasteiger partial charge in [0, 0.05) is 0 Å². The van der Waals surface area contributed by atoms with Crippen LogP contribution >= 0.6 is 0 Å². The van der Waals surface area contributed by atoms with Gasteiger partial charge in [-0.15, -0.1) is 0 Å². The summed E-state index contributed by atoms with van der Waals surface area (Å²) < 4.78 is 0. The highest BCUT2D eigenvalue weighted by Crippen LogP contribution is 2.15. The van der Waals surface area contributed by atoms with Crippen molar-refractivity contribution in [2.75, 3.05) is 6.54 Å². The minimum Gasteiger partial charge on any atom is -0.330 e. The van der Waals surface area contributed by atoms with Crippen LogP contribution in [0.3, 0.4) is 0 Å². The fourth-order valence-corrected chi connectivity index (χ4v) is 2.36. The van der Waals surface area contributed by atoms with Crippen LogP contribution in [0.15, 0.2) is 42.5 Å². The fourth-order valence-electron chi connectivity index (χ4n) is 2.36. The third-order valence-corrected chi connectivity index (χ3v) is 3.50. The van der Waals surface area contributed by atoms with Gasteiger partial charge >= 0.3 is 0 Å². The summed E-state index contributed by atoms with van der Waals surface area (Å²) in [5.41, 5.74) is 12.1. The first-order chi connectivity index (χ1) is 9.69. The van der Waals surface area contributed by atoms with Crippen LogP contribution in [0.2, 0.25) is 0 Å². The van der Waals surface area contributed by atoms with E-state index in [9.17, 15) is 0 Å². The van der Waals surface area contributed by atoms with Crippen molar-refractivity contribution < 1.29 is 0 Å². The lowest BCUT2D eigenvalue weighted by molar-refractivity contribution is 0.832. The van der Waals surface area contributed by atoms with E-state index in [2.05, 4.69) is 68.5 Å². The topological polar surface area (TPSA) is 26.0 Å². The molecule has 0 saturated heterocycles. The molecule has 0 aliphatic heterocycles. The summed E-state index contributed by atoms with van der Waals surface area (Å²) in [6, 6.07) is 15.2. The Morgan fingerprint density at radius 1 is 1.00 bits per heavy atom. The molecule has 2 aromatic rings. The predicted molar refractivity (Wildman–Crippen MR) is 88.7 cm³/mol. The smallest absolute Gasteiger partial charge is 0.00741 e. The van der Waals surface area contributed by atoms with E-state index in [4.69, 9.17) is 5.73 Å². The minimum atomic E-state index is 0.753. The zero-order valence-corrected chi connectivity index (χ0v) is 12.4. The van der Waals surface area contributed by atoms with Gasteiger partial charge in [-0.25, -0.2) is 0 Å². The fraction of sp³-hybridized carbons (Fsp3) is 0.263. The monoisotopic (exact) mass is 265 g/mol. The van der Waals surface area contributed by atoms with Crippen LogP contribution in [-0.2, 0) is 6.42 Å². The average molecular weight is 265 g/mol. The van der Waals surface area contributed by atoms with Gasteiger partial charge in [-0.2, -0.15) is 0 Å². The molecule has 0 aliphatic carbocycles. The molecule has 0 atom stereocenters. The van der Waals surface area contributed by atoms with E-state index >= 15 is 0 Å². The molecule has 0 saturated carbocycles. The zero-order chi connectivity index (χ0) is 14.4. The maximum absolute atomic E-state index is 5.56. The molecular formula is C19H23N. The first-order valence-corrected chi connectivity index (χ1v) is 7.23. The first kappa shape index (κ1) is 14.5. The van der Waals surface area contributed by atoms with E-state index in [0.717, 1.165) is 19.4 Å². The summed E-state index contributed by atoms with van der Waals surface area (Å²) in [6.07, 6.45) is 6.48. The minimum absolute atomic E-state index is 0.753. The number of aryl methyl sites for hydroxylation is 3. The molecule has 0 amide bonds. The van der Waals surface area contributed by atoms with Crippen LogP contribution < -0.4 is 5.73 Å². The molecule has 2 aromatic carbocycles. The Bertz CT molecular complexity index is 596. The summed E-state index contributed by atoms with van der Waals surface area (Å²) in [5, 5.41) is 0. The molecule has 0 bridgehead atoms. The maximum Gasteiger partial charge on any atom is -0.00741 e. The van der Waals surface area contributed by atoms with Gasteiger partial charge in [0.2, 0.25) is 0 Å². The quantitative estimate of drug-likeness (QED) is 0.798. The maximum atomic E-state index is 5.56. The molecule has 0 aromatic heterocycles. The first-order valence-electron chi connectivity index (χ1n) is 7.23. The molecule has 104 valence electrons. The third-order valence-electron chi connectivity index (χ3n) is 3.50. The van der Waals surface area contributed by atoms with Crippen LogP contribution in [0.1, 0.15) is 34.2 Å². The number of benzene rings is 2. The van der Waals surface area contributed by atoms with Crippen molar-refractivity contribution in [2.24, 2.45) is 5.73 Å². The Morgan fingerprint density at radius 3 is 2.60 bits per heavy atom. The normalized spacial score (nSPS) is 11.2. The van der Waals surface area contributed by atoms with E-state index < -0.39 is 0 Å². The Balaban J connectivity index is 2.14. The number of hydrogen-bond acceptors (Lipinski definition) is 1. The van der Waals surface area contributed by atoms with Crippen molar-refractivity contribution in [3.63, 3.8) is 0 Å². The molecular weight excluding hydrogens is 242 g/mol. The number of hydrogen-bond donors (Lipinski definition) is 1. The van der Waals surface area contributed by atoms with Crippen LogP contribution in [-0.4, -0.2) is 6.54 Å². The molecule has 20 heavy (non-hydrogen) atoms. The molecule has 1 heteroatoms. The molecule has 0 unspecified atom stereocenters. The summed E-state index contributed by atoms with van der Waals surface area (Å²) in [5.74, 6) is 0. The second kappa shape index (κ2) is 7.06. The van der Waals surface area contributed by atoms with Crippen LogP contribution in [0.4, 0.5) is 0 Å². The second-order valence-corrected chi connectivity index (χ2v) is 5.33. The zero-order valence-electron chi connectivity index (χ0n) is 12.4. The van der Waals surface area contributed by atoms with Gasteiger partial charge < -0.3 is 5.73 Å². The van der Waals surface area contributed by atoms with E-state index in [1.807, 2.05) is 0 Å². The largest absolute Gasteiger partial charge is 0.330 e. The van der Waals surface area contributed by atoms with Gasteiger partial charge in [0.25, 0.3) is 0 Å². The molecule has 0 fully saturated rings. The lowest BCUT2D eigenvalue weighted by Crippen LogP contribution is -2.00. The van der Waals surface area contributed by atoms with Crippen molar-refractivity contribution in [1.82, 2.24) is 0 Å².